The number of hydrogen-bond donors (Lipinski definition) is 1. The zero-order valence-corrected chi connectivity index (χ0v) is 10.7. The summed E-state index contributed by atoms with van der Waals surface area (Å²) in [6.45, 7) is 2.46. The maximum Gasteiger partial charge on any atom is 0.358 e. The molecule has 2 aromatic rings. The van der Waals surface area contributed by atoms with Crippen LogP contribution in [0.5, 0.6) is 0 Å². The molecule has 0 atom stereocenters. The molecule has 5 nitrogen and oxygen atoms in total. The first-order valence-electron chi connectivity index (χ1n) is 5.06. The summed E-state index contributed by atoms with van der Waals surface area (Å²) in [6, 6.07) is 7.40. The van der Waals surface area contributed by atoms with E-state index in [0.29, 0.717) is 12.2 Å². The van der Waals surface area contributed by atoms with Crippen LogP contribution >= 0.6 is 15.9 Å². The van der Waals surface area contributed by atoms with Crippen molar-refractivity contribution in [1.29, 1.82) is 0 Å². The molecule has 0 radical (unpaired) electrons. The molecule has 0 saturated carbocycles. The zero-order valence-electron chi connectivity index (χ0n) is 9.09. The third-order valence-corrected chi connectivity index (χ3v) is 3.06. The standard InChI is InChI=1S/C11H10BrN3O2/c1-2-15-10(9(11(16)17)13-14-15)7-5-3-4-6-8(7)12/h3-6H,2H2,1H3,(H,16,17). The Kier molecular flexibility index (Phi) is 3.23. The van der Waals surface area contributed by atoms with Crippen LogP contribution in [0.1, 0.15) is 17.4 Å². The maximum absolute atomic E-state index is 11.1. The van der Waals surface area contributed by atoms with Gasteiger partial charge in [-0.1, -0.05) is 39.3 Å². The Morgan fingerprint density at radius 2 is 2.18 bits per heavy atom. The van der Waals surface area contributed by atoms with E-state index in [1.54, 1.807) is 4.68 Å². The number of carboxylic acid groups (broad SMARTS) is 1. The molecule has 1 aromatic heterocycles. The Hall–Kier alpha value is -1.69. The minimum atomic E-state index is -1.07. The second-order valence-corrected chi connectivity index (χ2v) is 4.24. The summed E-state index contributed by atoms with van der Waals surface area (Å²) in [6.07, 6.45) is 0. The summed E-state index contributed by atoms with van der Waals surface area (Å²) in [5, 5.41) is 16.6. The van der Waals surface area contributed by atoms with Gasteiger partial charge in [-0.15, -0.1) is 5.10 Å². The Labute approximate surface area is 106 Å². The zero-order chi connectivity index (χ0) is 12.4. The predicted molar refractivity (Wildman–Crippen MR) is 65.8 cm³/mol. The summed E-state index contributed by atoms with van der Waals surface area (Å²) in [4.78, 5) is 11.1. The van der Waals surface area contributed by atoms with Crippen LogP contribution in [0.15, 0.2) is 28.7 Å². The van der Waals surface area contributed by atoms with Gasteiger partial charge < -0.3 is 5.11 Å². The topological polar surface area (TPSA) is 68.0 Å². The van der Waals surface area contributed by atoms with Gasteiger partial charge in [0.2, 0.25) is 0 Å². The molecule has 1 heterocycles. The SMILES string of the molecule is CCn1nnc(C(=O)O)c1-c1ccccc1Br. The highest BCUT2D eigenvalue weighted by molar-refractivity contribution is 9.10. The predicted octanol–water partition coefficient (Wildman–Crippen LogP) is 2.43. The van der Waals surface area contributed by atoms with Crippen molar-refractivity contribution in [2.75, 3.05) is 0 Å². The average Bonchev–Trinajstić information content (AvgIpc) is 2.73. The quantitative estimate of drug-likeness (QED) is 0.944. The number of aromatic carboxylic acids is 1. The lowest BCUT2D eigenvalue weighted by atomic mass is 10.1. The number of benzene rings is 1. The highest BCUT2D eigenvalue weighted by atomic mass is 79.9. The number of carbonyl (C=O) groups is 1. The van der Waals surface area contributed by atoms with Crippen molar-refractivity contribution in [3.63, 3.8) is 0 Å². The molecule has 88 valence electrons. The summed E-state index contributed by atoms with van der Waals surface area (Å²) < 4.78 is 2.39. The van der Waals surface area contributed by atoms with Crippen LogP contribution in [-0.4, -0.2) is 26.1 Å². The number of carboxylic acids is 1. The Bertz CT molecular complexity index is 566. The number of aromatic nitrogens is 3. The Morgan fingerprint density at radius 3 is 2.76 bits per heavy atom. The first kappa shape index (κ1) is 11.8. The van der Waals surface area contributed by atoms with Crippen molar-refractivity contribution in [3.05, 3.63) is 34.4 Å². The fourth-order valence-corrected chi connectivity index (χ4v) is 2.07. The van der Waals surface area contributed by atoms with Gasteiger partial charge in [-0.3, -0.25) is 0 Å². The summed E-state index contributed by atoms with van der Waals surface area (Å²) >= 11 is 3.40. The number of nitrogens with zero attached hydrogens (tertiary/aromatic N) is 3. The fraction of sp³-hybridized carbons (Fsp3) is 0.182. The van der Waals surface area contributed by atoms with E-state index >= 15 is 0 Å². The van der Waals surface area contributed by atoms with Crippen molar-refractivity contribution < 1.29 is 9.90 Å². The minimum Gasteiger partial charge on any atom is -0.476 e. The first-order chi connectivity index (χ1) is 8.15. The van der Waals surface area contributed by atoms with Crippen molar-refractivity contribution in [3.8, 4) is 11.3 Å². The molecular weight excluding hydrogens is 286 g/mol. The van der Waals surface area contributed by atoms with Gasteiger partial charge in [0.15, 0.2) is 5.69 Å². The molecule has 0 aliphatic carbocycles. The maximum atomic E-state index is 11.1. The number of aryl methyl sites for hydroxylation is 1. The van der Waals surface area contributed by atoms with Crippen LogP contribution in [0.25, 0.3) is 11.3 Å². The van der Waals surface area contributed by atoms with E-state index in [0.717, 1.165) is 10.0 Å². The molecule has 1 N–H and O–H groups in total. The number of hydrogen-bond acceptors (Lipinski definition) is 3. The van der Waals surface area contributed by atoms with Crippen LogP contribution in [0.4, 0.5) is 0 Å². The largest absolute Gasteiger partial charge is 0.476 e. The van der Waals surface area contributed by atoms with E-state index in [9.17, 15) is 4.79 Å². The second kappa shape index (κ2) is 4.67. The fourth-order valence-electron chi connectivity index (χ4n) is 1.60. The highest BCUT2D eigenvalue weighted by Crippen LogP contribution is 2.29. The molecule has 0 fully saturated rings. The van der Waals surface area contributed by atoms with E-state index in [4.69, 9.17) is 5.11 Å². The van der Waals surface area contributed by atoms with Gasteiger partial charge in [0, 0.05) is 16.6 Å². The monoisotopic (exact) mass is 295 g/mol. The third-order valence-electron chi connectivity index (χ3n) is 2.37. The van der Waals surface area contributed by atoms with Gasteiger partial charge >= 0.3 is 5.97 Å². The van der Waals surface area contributed by atoms with Gasteiger partial charge in [0.25, 0.3) is 0 Å². The third kappa shape index (κ3) is 2.08. The van der Waals surface area contributed by atoms with Crippen molar-refractivity contribution >= 4 is 21.9 Å². The van der Waals surface area contributed by atoms with E-state index in [-0.39, 0.29) is 5.69 Å². The molecule has 0 saturated heterocycles. The van der Waals surface area contributed by atoms with Crippen LogP contribution in [-0.2, 0) is 6.54 Å². The minimum absolute atomic E-state index is 0.0289. The van der Waals surface area contributed by atoms with Gasteiger partial charge in [-0.2, -0.15) is 0 Å². The van der Waals surface area contributed by atoms with E-state index in [1.807, 2.05) is 31.2 Å². The number of halogens is 1. The lowest BCUT2D eigenvalue weighted by molar-refractivity contribution is 0.0691. The number of rotatable bonds is 3. The van der Waals surface area contributed by atoms with Crippen molar-refractivity contribution in [1.82, 2.24) is 15.0 Å². The Balaban J connectivity index is 2.69. The molecule has 0 aliphatic heterocycles. The highest BCUT2D eigenvalue weighted by Gasteiger charge is 2.21. The second-order valence-electron chi connectivity index (χ2n) is 3.39. The normalized spacial score (nSPS) is 10.5. The molecule has 0 spiro atoms. The molecule has 0 unspecified atom stereocenters. The Morgan fingerprint density at radius 1 is 1.47 bits per heavy atom. The lowest BCUT2D eigenvalue weighted by Crippen LogP contribution is -2.03. The van der Waals surface area contributed by atoms with Gasteiger partial charge in [-0.05, 0) is 13.0 Å². The smallest absolute Gasteiger partial charge is 0.358 e. The van der Waals surface area contributed by atoms with Gasteiger partial charge in [-0.25, -0.2) is 9.48 Å². The molecular formula is C11H10BrN3O2. The van der Waals surface area contributed by atoms with Crippen LogP contribution in [0.3, 0.4) is 0 Å². The van der Waals surface area contributed by atoms with E-state index in [2.05, 4.69) is 26.2 Å². The van der Waals surface area contributed by atoms with E-state index in [1.165, 1.54) is 0 Å². The van der Waals surface area contributed by atoms with Crippen LogP contribution in [0, 0.1) is 0 Å². The van der Waals surface area contributed by atoms with Gasteiger partial charge in [0.05, 0.1) is 0 Å². The molecule has 0 amide bonds. The molecule has 0 aliphatic rings. The van der Waals surface area contributed by atoms with Crippen LogP contribution < -0.4 is 0 Å². The molecule has 17 heavy (non-hydrogen) atoms. The first-order valence-corrected chi connectivity index (χ1v) is 5.86. The average molecular weight is 296 g/mol. The molecule has 6 heteroatoms. The van der Waals surface area contributed by atoms with E-state index < -0.39 is 5.97 Å². The summed E-state index contributed by atoms with van der Waals surface area (Å²) in [5.74, 6) is -1.07. The molecule has 0 bridgehead atoms. The van der Waals surface area contributed by atoms with Gasteiger partial charge in [0.1, 0.15) is 5.69 Å². The van der Waals surface area contributed by atoms with Crippen LogP contribution in [0.2, 0.25) is 0 Å². The van der Waals surface area contributed by atoms with Crippen molar-refractivity contribution in [2.24, 2.45) is 0 Å². The lowest BCUT2D eigenvalue weighted by Gasteiger charge is -2.06. The summed E-state index contributed by atoms with van der Waals surface area (Å²) in [7, 11) is 0. The van der Waals surface area contributed by atoms with Crippen molar-refractivity contribution in [2.45, 2.75) is 13.5 Å². The molecule has 2 rings (SSSR count). The molecule has 1 aromatic carbocycles. The summed E-state index contributed by atoms with van der Waals surface area (Å²) in [5.41, 5.74) is 1.27.